The molecule has 0 saturated carbocycles. The largest absolute Gasteiger partial charge is 0.497 e. The number of ether oxygens (including phenoxy) is 2. The summed E-state index contributed by atoms with van der Waals surface area (Å²) in [6.07, 6.45) is -1.02. The van der Waals surface area contributed by atoms with Crippen molar-refractivity contribution in [3.8, 4) is 5.75 Å². The third-order valence-corrected chi connectivity index (χ3v) is 5.79. The minimum absolute atomic E-state index is 0.0910. The van der Waals surface area contributed by atoms with Gasteiger partial charge in [-0.15, -0.1) is 0 Å². The van der Waals surface area contributed by atoms with Gasteiger partial charge in [-0.25, -0.2) is 4.79 Å². The second kappa shape index (κ2) is 9.44. The van der Waals surface area contributed by atoms with E-state index in [-0.39, 0.29) is 24.3 Å². The zero-order valence-electron chi connectivity index (χ0n) is 19.6. The number of methoxy groups -OCH3 is 1. The number of carbonyl (C=O) groups excluding carboxylic acids is 3. The fourth-order valence-corrected chi connectivity index (χ4v) is 4.05. The summed E-state index contributed by atoms with van der Waals surface area (Å²) in [4.78, 5) is 52.4. The van der Waals surface area contributed by atoms with E-state index >= 15 is 0 Å². The Morgan fingerprint density at radius 1 is 1.12 bits per heavy atom. The smallest absolute Gasteiger partial charge is 0.339 e. The molecule has 2 heterocycles. The Morgan fingerprint density at radius 3 is 2.42 bits per heavy atom. The van der Waals surface area contributed by atoms with Gasteiger partial charge in [-0.3, -0.25) is 14.4 Å². The molecule has 0 amide bonds. The van der Waals surface area contributed by atoms with Gasteiger partial charge in [0.15, 0.2) is 11.9 Å². The van der Waals surface area contributed by atoms with Gasteiger partial charge >= 0.3 is 11.6 Å². The van der Waals surface area contributed by atoms with Gasteiger partial charge in [0, 0.05) is 34.7 Å². The quantitative estimate of drug-likeness (QED) is 0.311. The highest BCUT2D eigenvalue weighted by Gasteiger charge is 2.26. The molecule has 1 unspecified atom stereocenters. The van der Waals surface area contributed by atoms with E-state index in [0.717, 1.165) is 10.9 Å². The predicted molar refractivity (Wildman–Crippen MR) is 122 cm³/mol. The van der Waals surface area contributed by atoms with Crippen LogP contribution in [0.5, 0.6) is 5.75 Å². The van der Waals surface area contributed by atoms with Crippen molar-refractivity contribution in [1.82, 2.24) is 4.98 Å². The molecule has 33 heavy (non-hydrogen) atoms. The first-order valence-electron chi connectivity index (χ1n) is 10.6. The number of esters is 1. The van der Waals surface area contributed by atoms with Crippen molar-refractivity contribution in [3.63, 3.8) is 0 Å². The third-order valence-electron chi connectivity index (χ3n) is 5.79. The van der Waals surface area contributed by atoms with Gasteiger partial charge < -0.3 is 18.9 Å². The minimum Gasteiger partial charge on any atom is -0.497 e. The first-order valence-corrected chi connectivity index (χ1v) is 10.6. The van der Waals surface area contributed by atoms with Gasteiger partial charge in [0.05, 0.1) is 12.8 Å². The number of Topliss-reactive ketones (excluding diaryl/α,β-unsaturated/α-hetero) is 2. The maximum absolute atomic E-state index is 12.8. The van der Waals surface area contributed by atoms with Crippen LogP contribution in [0.2, 0.25) is 0 Å². The molecular formula is C25H27NO7. The van der Waals surface area contributed by atoms with Crippen molar-refractivity contribution < 1.29 is 28.3 Å². The van der Waals surface area contributed by atoms with Crippen molar-refractivity contribution in [2.75, 3.05) is 7.11 Å². The second-order valence-corrected chi connectivity index (χ2v) is 8.03. The average molecular weight is 453 g/mol. The SMILES string of the molecule is COc1ccc2c(C)c(CCC(=O)OC(C)C(=O)c3[nH]c(C)c(C(C)=O)c3C)c(=O)oc2c1. The van der Waals surface area contributed by atoms with E-state index in [1.165, 1.54) is 21.0 Å². The Balaban J connectivity index is 1.71. The molecule has 1 N–H and O–H groups in total. The summed E-state index contributed by atoms with van der Waals surface area (Å²) in [6, 6.07) is 5.20. The summed E-state index contributed by atoms with van der Waals surface area (Å²) in [7, 11) is 1.53. The highest BCUT2D eigenvalue weighted by molar-refractivity contribution is 6.05. The number of carbonyl (C=O) groups is 3. The number of hydrogen-bond acceptors (Lipinski definition) is 7. The van der Waals surface area contributed by atoms with E-state index in [1.807, 2.05) is 0 Å². The highest BCUT2D eigenvalue weighted by Crippen LogP contribution is 2.25. The first kappa shape index (κ1) is 24.0. The van der Waals surface area contributed by atoms with E-state index in [9.17, 15) is 19.2 Å². The monoisotopic (exact) mass is 453 g/mol. The zero-order chi connectivity index (χ0) is 24.4. The van der Waals surface area contributed by atoms with Gasteiger partial charge in [-0.2, -0.15) is 0 Å². The number of ketones is 2. The average Bonchev–Trinajstić information content (AvgIpc) is 3.06. The molecule has 0 radical (unpaired) electrons. The molecule has 3 rings (SSSR count). The fraction of sp³-hybridized carbons (Fsp3) is 0.360. The molecule has 0 spiro atoms. The Hall–Kier alpha value is -3.68. The fourth-order valence-electron chi connectivity index (χ4n) is 4.05. The van der Waals surface area contributed by atoms with Crippen LogP contribution in [0, 0.1) is 20.8 Å². The number of rotatable bonds is 8. The molecule has 2 aromatic heterocycles. The van der Waals surface area contributed by atoms with Crippen LogP contribution in [0.1, 0.15) is 63.5 Å². The number of aromatic nitrogens is 1. The molecule has 0 saturated heterocycles. The Morgan fingerprint density at radius 2 is 1.82 bits per heavy atom. The van der Waals surface area contributed by atoms with Gasteiger partial charge in [-0.05, 0) is 64.3 Å². The van der Waals surface area contributed by atoms with Crippen LogP contribution in [0.15, 0.2) is 27.4 Å². The standard InChI is InChI=1S/C25H27NO7/c1-12-18-8-7-17(31-6)11-20(18)33-25(30)19(12)9-10-21(28)32-16(5)24(29)23-13(2)22(15(4)27)14(3)26-23/h7-8,11,16,26H,9-10H2,1-6H3. The number of nitrogens with one attached hydrogen (secondary N) is 1. The van der Waals surface area contributed by atoms with E-state index in [2.05, 4.69) is 4.98 Å². The lowest BCUT2D eigenvalue weighted by Gasteiger charge is -2.13. The Kier molecular flexibility index (Phi) is 6.86. The molecular weight excluding hydrogens is 426 g/mol. The normalized spacial score (nSPS) is 11.9. The summed E-state index contributed by atoms with van der Waals surface area (Å²) in [5.41, 5.74) is 2.82. The van der Waals surface area contributed by atoms with Gasteiger partial charge in [0.25, 0.3) is 0 Å². The van der Waals surface area contributed by atoms with E-state index in [0.29, 0.717) is 33.7 Å². The summed E-state index contributed by atoms with van der Waals surface area (Å²) < 4.78 is 15.9. The van der Waals surface area contributed by atoms with E-state index < -0.39 is 23.5 Å². The van der Waals surface area contributed by atoms with Crippen LogP contribution < -0.4 is 10.4 Å². The van der Waals surface area contributed by atoms with Crippen LogP contribution in [0.4, 0.5) is 0 Å². The first-order chi connectivity index (χ1) is 15.5. The Labute approximate surface area is 190 Å². The molecule has 8 heteroatoms. The summed E-state index contributed by atoms with van der Waals surface area (Å²) in [5.74, 6) is -0.611. The second-order valence-electron chi connectivity index (χ2n) is 8.03. The zero-order valence-corrected chi connectivity index (χ0v) is 19.6. The number of fused-ring (bicyclic) bond motifs is 1. The van der Waals surface area contributed by atoms with E-state index in [4.69, 9.17) is 13.9 Å². The molecule has 1 atom stereocenters. The summed E-state index contributed by atoms with van der Waals surface area (Å²) >= 11 is 0. The maximum Gasteiger partial charge on any atom is 0.339 e. The van der Waals surface area contributed by atoms with Crippen molar-refractivity contribution in [1.29, 1.82) is 0 Å². The molecule has 0 aliphatic heterocycles. The van der Waals surface area contributed by atoms with Crippen LogP contribution >= 0.6 is 0 Å². The number of aryl methyl sites for hydroxylation is 2. The third kappa shape index (κ3) is 4.74. The maximum atomic E-state index is 12.8. The predicted octanol–water partition coefficient (Wildman–Crippen LogP) is 4.00. The molecule has 0 bridgehead atoms. The molecule has 0 fully saturated rings. The topological polar surface area (TPSA) is 116 Å². The lowest BCUT2D eigenvalue weighted by Crippen LogP contribution is -2.26. The summed E-state index contributed by atoms with van der Waals surface area (Å²) in [5, 5.41) is 0.751. The van der Waals surface area contributed by atoms with Gasteiger partial charge in [0.1, 0.15) is 11.3 Å². The van der Waals surface area contributed by atoms with Crippen LogP contribution in [-0.2, 0) is 16.0 Å². The van der Waals surface area contributed by atoms with E-state index in [1.54, 1.807) is 39.0 Å². The molecule has 8 nitrogen and oxygen atoms in total. The molecule has 0 aliphatic rings. The number of hydrogen-bond donors (Lipinski definition) is 1. The van der Waals surface area contributed by atoms with Crippen LogP contribution in [-0.4, -0.2) is 35.7 Å². The van der Waals surface area contributed by atoms with Crippen molar-refractivity contribution in [2.24, 2.45) is 0 Å². The van der Waals surface area contributed by atoms with Crippen LogP contribution in [0.25, 0.3) is 11.0 Å². The highest BCUT2D eigenvalue weighted by atomic mass is 16.5. The van der Waals surface area contributed by atoms with Crippen LogP contribution in [0.3, 0.4) is 0 Å². The van der Waals surface area contributed by atoms with Crippen molar-refractivity contribution >= 4 is 28.5 Å². The minimum atomic E-state index is -1.05. The lowest BCUT2D eigenvalue weighted by molar-refractivity contribution is -0.146. The molecule has 3 aromatic rings. The number of aromatic amines is 1. The Bertz CT molecular complexity index is 1310. The van der Waals surface area contributed by atoms with Crippen molar-refractivity contribution in [2.45, 2.75) is 53.6 Å². The number of benzene rings is 1. The molecule has 1 aromatic carbocycles. The van der Waals surface area contributed by atoms with Gasteiger partial charge in [0.2, 0.25) is 5.78 Å². The van der Waals surface area contributed by atoms with Gasteiger partial charge in [-0.1, -0.05) is 0 Å². The molecule has 174 valence electrons. The number of H-pyrrole nitrogens is 1. The summed E-state index contributed by atoms with van der Waals surface area (Å²) in [6.45, 7) is 8.10. The molecule has 0 aliphatic carbocycles. The lowest BCUT2D eigenvalue weighted by atomic mass is 10.0. The van der Waals surface area contributed by atoms with Crippen molar-refractivity contribution in [3.05, 3.63) is 62.3 Å².